The number of alkyl halides is 1. The summed E-state index contributed by atoms with van der Waals surface area (Å²) in [6, 6.07) is 7.35. The molecule has 0 aliphatic rings. The molecule has 1 aromatic carbocycles. The summed E-state index contributed by atoms with van der Waals surface area (Å²) in [5.41, 5.74) is 0.561. The molecule has 0 atom stereocenters. The molecule has 0 heterocycles. The van der Waals surface area contributed by atoms with E-state index in [4.69, 9.17) is 11.6 Å². The summed E-state index contributed by atoms with van der Waals surface area (Å²) in [5.74, 6) is 0.439. The molecule has 16 heavy (non-hydrogen) atoms. The molecule has 2 nitrogen and oxygen atoms in total. The number of carbonyl (C=O) groups excluding carboxylic acids is 1. The van der Waals surface area contributed by atoms with Crippen LogP contribution in [0.2, 0.25) is 0 Å². The molecule has 1 amide bonds. The van der Waals surface area contributed by atoms with Gasteiger partial charge in [-0.25, -0.2) is 0 Å². The second kappa shape index (κ2) is 5.69. The Kier molecular flexibility index (Phi) is 4.81. The smallest absolute Gasteiger partial charge is 0.252 e. The molecule has 88 valence electrons. The average Bonchev–Trinajstić information content (AvgIpc) is 2.27. The maximum atomic E-state index is 11.8. The van der Waals surface area contributed by atoms with Crippen molar-refractivity contribution in [3.63, 3.8) is 0 Å². The zero-order chi connectivity index (χ0) is 12.2. The summed E-state index contributed by atoms with van der Waals surface area (Å²) in [5, 5.41) is 2.88. The fraction of sp³-hybridized carbons (Fsp3) is 0.417. The van der Waals surface area contributed by atoms with Crippen molar-refractivity contribution in [1.29, 1.82) is 0 Å². The lowest BCUT2D eigenvalue weighted by Gasteiger charge is -2.21. The first-order valence-electron chi connectivity index (χ1n) is 5.05. The Labute approximate surface area is 110 Å². The highest BCUT2D eigenvalue weighted by molar-refractivity contribution is 9.10. The molecular formula is C12H15BrClNO. The van der Waals surface area contributed by atoms with Gasteiger partial charge in [0.25, 0.3) is 5.91 Å². The van der Waals surface area contributed by atoms with Gasteiger partial charge in [0, 0.05) is 16.9 Å². The Balaban J connectivity index is 2.64. The van der Waals surface area contributed by atoms with Crippen LogP contribution in [0.5, 0.6) is 0 Å². The highest BCUT2D eigenvalue weighted by Gasteiger charge is 2.18. The lowest BCUT2D eigenvalue weighted by molar-refractivity contribution is 0.0939. The van der Waals surface area contributed by atoms with Gasteiger partial charge in [-0.2, -0.15) is 0 Å². The molecule has 0 aromatic heterocycles. The van der Waals surface area contributed by atoms with Gasteiger partial charge < -0.3 is 5.32 Å². The van der Waals surface area contributed by atoms with Gasteiger partial charge in [0.2, 0.25) is 0 Å². The van der Waals surface area contributed by atoms with Crippen molar-refractivity contribution in [1.82, 2.24) is 5.32 Å². The van der Waals surface area contributed by atoms with Crippen LogP contribution in [0.3, 0.4) is 0 Å². The molecule has 1 aromatic rings. The molecule has 0 bridgehead atoms. The Bertz CT molecular complexity index is 379. The first-order chi connectivity index (χ1) is 7.46. The van der Waals surface area contributed by atoms with Crippen molar-refractivity contribution in [2.24, 2.45) is 5.41 Å². The summed E-state index contributed by atoms with van der Waals surface area (Å²) in [7, 11) is 0. The molecule has 0 aliphatic heterocycles. The first-order valence-corrected chi connectivity index (χ1v) is 6.38. The van der Waals surface area contributed by atoms with Crippen LogP contribution in [0.1, 0.15) is 24.2 Å². The minimum Gasteiger partial charge on any atom is -0.351 e. The van der Waals surface area contributed by atoms with Crippen molar-refractivity contribution in [3.05, 3.63) is 34.3 Å². The highest BCUT2D eigenvalue weighted by Crippen LogP contribution is 2.18. The van der Waals surface area contributed by atoms with E-state index in [0.717, 1.165) is 4.47 Å². The van der Waals surface area contributed by atoms with E-state index in [-0.39, 0.29) is 11.3 Å². The van der Waals surface area contributed by atoms with E-state index < -0.39 is 0 Å². The summed E-state index contributed by atoms with van der Waals surface area (Å²) in [6.07, 6.45) is 0. The Morgan fingerprint density at radius 1 is 1.44 bits per heavy atom. The second-order valence-corrected chi connectivity index (χ2v) is 5.58. The summed E-state index contributed by atoms with van der Waals surface area (Å²) in [4.78, 5) is 11.8. The zero-order valence-electron chi connectivity index (χ0n) is 9.39. The van der Waals surface area contributed by atoms with E-state index in [9.17, 15) is 4.79 Å². The van der Waals surface area contributed by atoms with E-state index in [1.165, 1.54) is 0 Å². The van der Waals surface area contributed by atoms with Crippen LogP contribution in [0.15, 0.2) is 28.7 Å². The van der Waals surface area contributed by atoms with Gasteiger partial charge in [0.05, 0.1) is 5.56 Å². The highest BCUT2D eigenvalue weighted by atomic mass is 79.9. The molecule has 0 radical (unpaired) electrons. The number of hydrogen-bond acceptors (Lipinski definition) is 1. The number of amides is 1. The number of halogens is 2. The van der Waals surface area contributed by atoms with Crippen LogP contribution in [0.4, 0.5) is 0 Å². The minimum atomic E-state index is -0.0848. The van der Waals surface area contributed by atoms with Crippen LogP contribution >= 0.6 is 27.5 Å². The number of nitrogens with one attached hydrogen (secondary N) is 1. The quantitative estimate of drug-likeness (QED) is 0.848. The molecule has 0 unspecified atom stereocenters. The largest absolute Gasteiger partial charge is 0.351 e. The third kappa shape index (κ3) is 3.80. The lowest BCUT2D eigenvalue weighted by Crippen LogP contribution is -2.35. The van der Waals surface area contributed by atoms with Gasteiger partial charge in [0.1, 0.15) is 0 Å². The number of hydrogen-bond donors (Lipinski definition) is 1. The fourth-order valence-corrected chi connectivity index (χ4v) is 1.67. The standard InChI is InChI=1S/C12H15BrClNO/c1-12(2,7-14)8-15-11(16)9-5-3-4-6-10(9)13/h3-6H,7-8H2,1-2H3,(H,15,16). The van der Waals surface area contributed by atoms with E-state index >= 15 is 0 Å². The van der Waals surface area contributed by atoms with E-state index in [1.54, 1.807) is 6.07 Å². The molecule has 1 N–H and O–H groups in total. The van der Waals surface area contributed by atoms with Crippen LogP contribution in [-0.2, 0) is 0 Å². The van der Waals surface area contributed by atoms with Gasteiger partial charge in [-0.3, -0.25) is 4.79 Å². The van der Waals surface area contributed by atoms with Crippen LogP contribution in [-0.4, -0.2) is 18.3 Å². The van der Waals surface area contributed by atoms with Crippen molar-refractivity contribution in [2.75, 3.05) is 12.4 Å². The Morgan fingerprint density at radius 2 is 2.06 bits per heavy atom. The van der Waals surface area contributed by atoms with E-state index in [0.29, 0.717) is 18.0 Å². The topological polar surface area (TPSA) is 29.1 Å². The van der Waals surface area contributed by atoms with Gasteiger partial charge in [-0.15, -0.1) is 11.6 Å². The molecule has 1 rings (SSSR count). The molecular weight excluding hydrogens is 289 g/mol. The van der Waals surface area contributed by atoms with Gasteiger partial charge in [-0.1, -0.05) is 26.0 Å². The first kappa shape index (κ1) is 13.5. The second-order valence-electron chi connectivity index (χ2n) is 4.46. The number of rotatable bonds is 4. The fourth-order valence-electron chi connectivity index (χ4n) is 1.11. The third-order valence-electron chi connectivity index (χ3n) is 2.21. The SMILES string of the molecule is CC(C)(CCl)CNC(=O)c1ccccc1Br. The number of benzene rings is 1. The predicted molar refractivity (Wildman–Crippen MR) is 71.0 cm³/mol. The lowest BCUT2D eigenvalue weighted by atomic mass is 9.96. The molecule has 4 heteroatoms. The molecule has 0 spiro atoms. The van der Waals surface area contributed by atoms with Crippen molar-refractivity contribution in [2.45, 2.75) is 13.8 Å². The molecule has 0 fully saturated rings. The maximum Gasteiger partial charge on any atom is 0.252 e. The summed E-state index contributed by atoms with van der Waals surface area (Å²) in [6.45, 7) is 4.59. The molecule has 0 saturated heterocycles. The van der Waals surface area contributed by atoms with Crippen LogP contribution < -0.4 is 5.32 Å². The van der Waals surface area contributed by atoms with E-state index in [1.807, 2.05) is 32.0 Å². The van der Waals surface area contributed by atoms with Crippen molar-refractivity contribution >= 4 is 33.4 Å². The summed E-state index contributed by atoms with van der Waals surface area (Å²) >= 11 is 9.14. The van der Waals surface area contributed by atoms with Crippen LogP contribution in [0.25, 0.3) is 0 Å². The molecule has 0 aliphatic carbocycles. The predicted octanol–water partition coefficient (Wildman–Crippen LogP) is 3.44. The van der Waals surface area contributed by atoms with Crippen molar-refractivity contribution < 1.29 is 4.79 Å². The van der Waals surface area contributed by atoms with Crippen molar-refractivity contribution in [3.8, 4) is 0 Å². The third-order valence-corrected chi connectivity index (χ3v) is 3.62. The Morgan fingerprint density at radius 3 is 2.62 bits per heavy atom. The van der Waals surface area contributed by atoms with Gasteiger partial charge in [0.15, 0.2) is 0 Å². The van der Waals surface area contributed by atoms with Gasteiger partial charge >= 0.3 is 0 Å². The van der Waals surface area contributed by atoms with Gasteiger partial charge in [-0.05, 0) is 33.5 Å². The van der Waals surface area contributed by atoms with Crippen LogP contribution in [0, 0.1) is 5.41 Å². The normalized spacial score (nSPS) is 11.2. The summed E-state index contributed by atoms with van der Waals surface area (Å²) < 4.78 is 0.802. The zero-order valence-corrected chi connectivity index (χ0v) is 11.7. The number of carbonyl (C=O) groups is 1. The molecule has 0 saturated carbocycles. The average molecular weight is 305 g/mol. The Hall–Kier alpha value is -0.540. The monoisotopic (exact) mass is 303 g/mol. The maximum absolute atomic E-state index is 11.8. The van der Waals surface area contributed by atoms with E-state index in [2.05, 4.69) is 21.2 Å². The minimum absolute atomic E-state index is 0.0781.